The molecular weight excluding hydrogens is 260 g/mol. The number of hydrogen-bond donors (Lipinski definition) is 0. The van der Waals surface area contributed by atoms with Gasteiger partial charge in [-0.2, -0.15) is 5.26 Å². The standard InChI is InChI=1S/C18H26N2O/c1-6-20(7-2)17(21)15(13-19)12-14-8-10-16(11-9-14)18(3,4)5/h8-11,15H,6-7,12H2,1-5H3. The fourth-order valence-electron chi connectivity index (χ4n) is 2.32. The zero-order valence-corrected chi connectivity index (χ0v) is 13.8. The molecule has 0 aliphatic heterocycles. The summed E-state index contributed by atoms with van der Waals surface area (Å²) in [6.07, 6.45) is 0.482. The summed E-state index contributed by atoms with van der Waals surface area (Å²) in [4.78, 5) is 14.0. The van der Waals surface area contributed by atoms with Crippen LogP contribution in [0.3, 0.4) is 0 Å². The molecule has 0 saturated carbocycles. The molecule has 1 rings (SSSR count). The maximum absolute atomic E-state index is 12.3. The normalized spacial score (nSPS) is 12.6. The van der Waals surface area contributed by atoms with Crippen LogP contribution in [-0.2, 0) is 16.6 Å². The predicted octanol–water partition coefficient (Wildman–Crippen LogP) is 3.53. The van der Waals surface area contributed by atoms with E-state index >= 15 is 0 Å². The van der Waals surface area contributed by atoms with Gasteiger partial charge in [0.15, 0.2) is 0 Å². The average molecular weight is 286 g/mol. The lowest BCUT2D eigenvalue weighted by Gasteiger charge is -2.22. The van der Waals surface area contributed by atoms with Gasteiger partial charge in [0.05, 0.1) is 6.07 Å². The number of nitrogens with zero attached hydrogens (tertiary/aromatic N) is 2. The first-order valence-electron chi connectivity index (χ1n) is 7.61. The van der Waals surface area contributed by atoms with Crippen molar-refractivity contribution in [2.45, 2.75) is 46.5 Å². The molecule has 0 aromatic heterocycles. The minimum absolute atomic E-state index is 0.0672. The summed E-state index contributed by atoms with van der Waals surface area (Å²) in [5.41, 5.74) is 2.41. The van der Waals surface area contributed by atoms with E-state index in [2.05, 4.69) is 39.0 Å². The second-order valence-corrected chi connectivity index (χ2v) is 6.34. The Kier molecular flexibility index (Phi) is 5.96. The van der Waals surface area contributed by atoms with Crippen LogP contribution in [0.15, 0.2) is 24.3 Å². The van der Waals surface area contributed by atoms with Gasteiger partial charge in [-0.25, -0.2) is 0 Å². The molecule has 0 fully saturated rings. The number of hydrogen-bond acceptors (Lipinski definition) is 2. The van der Waals surface area contributed by atoms with E-state index in [-0.39, 0.29) is 11.3 Å². The molecule has 1 amide bonds. The van der Waals surface area contributed by atoms with E-state index in [4.69, 9.17) is 0 Å². The van der Waals surface area contributed by atoms with Crippen LogP contribution in [0.4, 0.5) is 0 Å². The van der Waals surface area contributed by atoms with E-state index < -0.39 is 5.92 Å². The molecule has 3 heteroatoms. The quantitative estimate of drug-likeness (QED) is 0.831. The molecule has 0 aliphatic rings. The van der Waals surface area contributed by atoms with Gasteiger partial charge in [-0.15, -0.1) is 0 Å². The molecule has 114 valence electrons. The van der Waals surface area contributed by atoms with Crippen molar-refractivity contribution in [1.82, 2.24) is 4.90 Å². The summed E-state index contributed by atoms with van der Waals surface area (Å²) >= 11 is 0. The largest absolute Gasteiger partial charge is 0.342 e. The number of benzene rings is 1. The SMILES string of the molecule is CCN(CC)C(=O)C(C#N)Cc1ccc(C(C)(C)C)cc1. The van der Waals surface area contributed by atoms with Gasteiger partial charge in [0.25, 0.3) is 0 Å². The van der Waals surface area contributed by atoms with Crippen LogP contribution < -0.4 is 0 Å². The van der Waals surface area contributed by atoms with Crippen LogP contribution in [0.2, 0.25) is 0 Å². The lowest BCUT2D eigenvalue weighted by molar-refractivity contribution is -0.133. The van der Waals surface area contributed by atoms with Crippen LogP contribution in [0.1, 0.15) is 45.7 Å². The minimum Gasteiger partial charge on any atom is -0.342 e. The predicted molar refractivity (Wildman–Crippen MR) is 85.9 cm³/mol. The van der Waals surface area contributed by atoms with Gasteiger partial charge in [0.1, 0.15) is 5.92 Å². The second kappa shape index (κ2) is 7.26. The Morgan fingerprint density at radius 1 is 1.19 bits per heavy atom. The highest BCUT2D eigenvalue weighted by Gasteiger charge is 2.23. The lowest BCUT2D eigenvalue weighted by atomic mass is 9.86. The van der Waals surface area contributed by atoms with Crippen molar-refractivity contribution in [2.24, 2.45) is 5.92 Å². The Morgan fingerprint density at radius 3 is 2.10 bits per heavy atom. The summed E-state index contributed by atoms with van der Waals surface area (Å²) in [6.45, 7) is 11.7. The van der Waals surface area contributed by atoms with E-state index in [1.807, 2.05) is 26.0 Å². The number of carbonyl (C=O) groups excluding carboxylic acids is 1. The molecular formula is C18H26N2O. The van der Waals surface area contributed by atoms with Crippen LogP contribution in [0, 0.1) is 17.2 Å². The summed E-state index contributed by atoms with van der Waals surface area (Å²) in [5, 5.41) is 9.28. The Hall–Kier alpha value is -1.82. The average Bonchev–Trinajstić information content (AvgIpc) is 2.45. The summed E-state index contributed by atoms with van der Waals surface area (Å²) in [5.74, 6) is -0.659. The van der Waals surface area contributed by atoms with Gasteiger partial charge in [-0.3, -0.25) is 4.79 Å². The zero-order valence-electron chi connectivity index (χ0n) is 13.8. The van der Waals surface area contributed by atoms with Crippen molar-refractivity contribution in [1.29, 1.82) is 5.26 Å². The van der Waals surface area contributed by atoms with E-state index in [9.17, 15) is 10.1 Å². The molecule has 0 spiro atoms. The second-order valence-electron chi connectivity index (χ2n) is 6.34. The molecule has 1 aromatic rings. The molecule has 3 nitrogen and oxygen atoms in total. The van der Waals surface area contributed by atoms with Crippen LogP contribution in [-0.4, -0.2) is 23.9 Å². The number of nitriles is 1. The van der Waals surface area contributed by atoms with Crippen molar-refractivity contribution < 1.29 is 4.79 Å². The first-order valence-corrected chi connectivity index (χ1v) is 7.61. The monoisotopic (exact) mass is 286 g/mol. The summed E-state index contributed by atoms with van der Waals surface area (Å²) in [7, 11) is 0. The van der Waals surface area contributed by atoms with Crippen LogP contribution in [0.25, 0.3) is 0 Å². The molecule has 0 aliphatic carbocycles. The highest BCUT2D eigenvalue weighted by Crippen LogP contribution is 2.23. The molecule has 0 saturated heterocycles. The third-order valence-corrected chi connectivity index (χ3v) is 3.79. The van der Waals surface area contributed by atoms with Crippen molar-refractivity contribution in [2.75, 3.05) is 13.1 Å². The van der Waals surface area contributed by atoms with Gasteiger partial charge in [0, 0.05) is 13.1 Å². The topological polar surface area (TPSA) is 44.1 Å². The van der Waals surface area contributed by atoms with Gasteiger partial charge < -0.3 is 4.90 Å². The van der Waals surface area contributed by atoms with Crippen molar-refractivity contribution in [3.63, 3.8) is 0 Å². The Bertz CT molecular complexity index is 502. The molecule has 0 bridgehead atoms. The number of carbonyl (C=O) groups is 1. The highest BCUT2D eigenvalue weighted by atomic mass is 16.2. The van der Waals surface area contributed by atoms with Crippen molar-refractivity contribution in [3.05, 3.63) is 35.4 Å². The smallest absolute Gasteiger partial charge is 0.240 e. The zero-order chi connectivity index (χ0) is 16.0. The first-order chi connectivity index (χ1) is 9.83. The number of amides is 1. The number of rotatable bonds is 5. The molecule has 0 radical (unpaired) electrons. The van der Waals surface area contributed by atoms with Gasteiger partial charge in [-0.1, -0.05) is 45.0 Å². The fourth-order valence-corrected chi connectivity index (χ4v) is 2.32. The third kappa shape index (κ3) is 4.60. The molecule has 0 N–H and O–H groups in total. The molecule has 21 heavy (non-hydrogen) atoms. The Labute approximate surface area is 128 Å². The van der Waals surface area contributed by atoms with Crippen LogP contribution >= 0.6 is 0 Å². The molecule has 1 unspecified atom stereocenters. The Morgan fingerprint density at radius 2 is 1.71 bits per heavy atom. The van der Waals surface area contributed by atoms with E-state index in [1.54, 1.807) is 4.90 Å². The Balaban J connectivity index is 2.83. The summed E-state index contributed by atoms with van der Waals surface area (Å²) < 4.78 is 0. The maximum Gasteiger partial charge on any atom is 0.240 e. The summed E-state index contributed by atoms with van der Waals surface area (Å²) in [6, 6.07) is 10.4. The molecule has 1 aromatic carbocycles. The fraction of sp³-hybridized carbons (Fsp3) is 0.556. The van der Waals surface area contributed by atoms with E-state index in [0.29, 0.717) is 19.5 Å². The van der Waals surface area contributed by atoms with Gasteiger partial charge >= 0.3 is 0 Å². The van der Waals surface area contributed by atoms with Gasteiger partial charge in [-0.05, 0) is 36.8 Å². The van der Waals surface area contributed by atoms with Crippen LogP contribution in [0.5, 0.6) is 0 Å². The third-order valence-electron chi connectivity index (χ3n) is 3.79. The van der Waals surface area contributed by atoms with Crippen molar-refractivity contribution in [3.8, 4) is 6.07 Å². The highest BCUT2D eigenvalue weighted by molar-refractivity contribution is 5.81. The van der Waals surface area contributed by atoms with E-state index in [1.165, 1.54) is 5.56 Å². The minimum atomic E-state index is -0.592. The van der Waals surface area contributed by atoms with Gasteiger partial charge in [0.2, 0.25) is 5.91 Å². The van der Waals surface area contributed by atoms with Crippen molar-refractivity contribution >= 4 is 5.91 Å². The van der Waals surface area contributed by atoms with E-state index in [0.717, 1.165) is 5.56 Å². The molecule has 1 atom stereocenters. The maximum atomic E-state index is 12.3. The lowest BCUT2D eigenvalue weighted by Crippen LogP contribution is -2.36. The molecule has 0 heterocycles. The first kappa shape index (κ1) is 17.2.